The topological polar surface area (TPSA) is 97.2 Å². The molecule has 1 unspecified atom stereocenters. The summed E-state index contributed by atoms with van der Waals surface area (Å²) in [6.45, 7) is 4.47. The molecule has 30 heavy (non-hydrogen) atoms. The van der Waals surface area contributed by atoms with Gasteiger partial charge >= 0.3 is 0 Å². The first-order valence-corrected chi connectivity index (χ1v) is 12.4. The van der Waals surface area contributed by atoms with Gasteiger partial charge in [0.15, 0.2) is 11.0 Å². The molecule has 0 bridgehead atoms. The Morgan fingerprint density at radius 2 is 2.03 bits per heavy atom. The molecule has 0 aliphatic rings. The number of hydrogen-bond donors (Lipinski definition) is 1. The summed E-state index contributed by atoms with van der Waals surface area (Å²) < 4.78 is 27.7. The van der Waals surface area contributed by atoms with E-state index >= 15 is 0 Å². The van der Waals surface area contributed by atoms with Gasteiger partial charge < -0.3 is 9.88 Å². The van der Waals surface area contributed by atoms with Gasteiger partial charge in [0.1, 0.15) is 0 Å². The Hall–Kier alpha value is -2.21. The molecule has 2 aromatic heterocycles. The molecule has 3 aromatic rings. The van der Waals surface area contributed by atoms with E-state index in [0.29, 0.717) is 17.4 Å². The molecule has 0 aliphatic heterocycles. The second-order valence-corrected chi connectivity index (χ2v) is 11.0. The third-order valence-electron chi connectivity index (χ3n) is 4.31. The first-order chi connectivity index (χ1) is 14.2. The normalized spacial score (nSPS) is 12.8. The van der Waals surface area contributed by atoms with Crippen molar-refractivity contribution in [2.45, 2.75) is 35.7 Å². The highest BCUT2D eigenvalue weighted by Crippen LogP contribution is 2.29. The first-order valence-electron chi connectivity index (χ1n) is 9.21. The molecule has 1 atom stereocenters. The first kappa shape index (κ1) is 22.5. The van der Waals surface area contributed by atoms with Gasteiger partial charge in [-0.15, -0.1) is 21.5 Å². The van der Waals surface area contributed by atoms with Crippen LogP contribution in [0.15, 0.2) is 51.8 Å². The lowest BCUT2D eigenvalue weighted by Crippen LogP contribution is -2.24. The summed E-state index contributed by atoms with van der Waals surface area (Å²) in [4.78, 5) is 13.8. The molecule has 0 spiro atoms. The number of carbonyl (C=O) groups is 1. The molecule has 11 heteroatoms. The predicted molar refractivity (Wildman–Crippen MR) is 120 cm³/mol. The summed E-state index contributed by atoms with van der Waals surface area (Å²) >= 11 is 2.90. The lowest BCUT2D eigenvalue weighted by atomic mass is 10.3. The van der Waals surface area contributed by atoms with Gasteiger partial charge in [-0.2, -0.15) is 0 Å². The lowest BCUT2D eigenvalue weighted by molar-refractivity contribution is -0.115. The summed E-state index contributed by atoms with van der Waals surface area (Å²) in [6, 6.07) is 10.2. The summed E-state index contributed by atoms with van der Waals surface area (Å²) in [6.07, 6.45) is 0. The van der Waals surface area contributed by atoms with Crippen LogP contribution >= 0.6 is 23.1 Å². The number of amides is 1. The number of benzene rings is 1. The third-order valence-corrected chi connectivity index (χ3v) is 8.06. The number of anilines is 1. The zero-order valence-corrected chi connectivity index (χ0v) is 19.5. The Labute approximate surface area is 184 Å². The van der Waals surface area contributed by atoms with Crippen LogP contribution in [0.5, 0.6) is 0 Å². The Morgan fingerprint density at radius 3 is 2.67 bits per heavy atom. The monoisotopic (exact) mass is 465 g/mol. The van der Waals surface area contributed by atoms with Crippen molar-refractivity contribution in [1.29, 1.82) is 0 Å². The molecule has 1 N–H and O–H groups in total. The molecule has 160 valence electrons. The van der Waals surface area contributed by atoms with Gasteiger partial charge in [0, 0.05) is 26.3 Å². The van der Waals surface area contributed by atoms with Gasteiger partial charge in [-0.1, -0.05) is 23.9 Å². The van der Waals surface area contributed by atoms with Gasteiger partial charge in [0.25, 0.3) is 0 Å². The SMILES string of the molecule is CCn1c(SC(C)C(=O)Nc2cccc(S(=O)(=O)N(C)C)c2)nnc1-c1cccs1. The fourth-order valence-corrected chi connectivity index (χ4v) is 5.23. The largest absolute Gasteiger partial charge is 0.325 e. The minimum absolute atomic E-state index is 0.122. The van der Waals surface area contributed by atoms with E-state index in [9.17, 15) is 13.2 Å². The highest BCUT2D eigenvalue weighted by molar-refractivity contribution is 8.00. The summed E-state index contributed by atoms with van der Waals surface area (Å²) in [5.74, 6) is 0.534. The van der Waals surface area contributed by atoms with E-state index in [1.807, 2.05) is 29.0 Å². The minimum atomic E-state index is -3.58. The molecule has 0 saturated heterocycles. The molecule has 1 amide bonds. The maximum atomic E-state index is 12.7. The molecule has 0 saturated carbocycles. The van der Waals surface area contributed by atoms with Gasteiger partial charge in [0.05, 0.1) is 15.0 Å². The molecule has 2 heterocycles. The second kappa shape index (κ2) is 9.29. The van der Waals surface area contributed by atoms with Crippen molar-refractivity contribution in [1.82, 2.24) is 19.1 Å². The average molecular weight is 466 g/mol. The Morgan fingerprint density at radius 1 is 1.27 bits per heavy atom. The number of thioether (sulfide) groups is 1. The van der Waals surface area contributed by atoms with E-state index in [-0.39, 0.29) is 10.8 Å². The molecular formula is C19H23N5O3S3. The van der Waals surface area contributed by atoms with Crippen LogP contribution in [0.4, 0.5) is 5.69 Å². The molecular weight excluding hydrogens is 442 g/mol. The number of rotatable bonds is 8. The smallest absolute Gasteiger partial charge is 0.242 e. The third kappa shape index (κ3) is 4.75. The Bertz CT molecular complexity index is 1120. The number of aromatic nitrogens is 3. The molecule has 0 radical (unpaired) electrons. The maximum absolute atomic E-state index is 12.7. The molecule has 1 aromatic carbocycles. The minimum Gasteiger partial charge on any atom is -0.325 e. The van der Waals surface area contributed by atoms with Crippen molar-refractivity contribution >= 4 is 44.7 Å². The van der Waals surface area contributed by atoms with Crippen molar-refractivity contribution < 1.29 is 13.2 Å². The van der Waals surface area contributed by atoms with E-state index in [4.69, 9.17) is 0 Å². The number of hydrogen-bond acceptors (Lipinski definition) is 7. The van der Waals surface area contributed by atoms with Crippen LogP contribution in [0.1, 0.15) is 13.8 Å². The highest BCUT2D eigenvalue weighted by Gasteiger charge is 2.22. The van der Waals surface area contributed by atoms with Crippen molar-refractivity contribution in [3.8, 4) is 10.7 Å². The number of carbonyl (C=O) groups excluding carboxylic acids is 1. The number of thiophene rings is 1. The van der Waals surface area contributed by atoms with E-state index in [0.717, 1.165) is 15.0 Å². The zero-order valence-electron chi connectivity index (χ0n) is 17.1. The average Bonchev–Trinajstić information content (AvgIpc) is 3.37. The standard InChI is InChI=1S/C19H23N5O3S3/c1-5-24-17(16-10-7-11-28-16)21-22-19(24)29-13(2)18(25)20-14-8-6-9-15(12-14)30(26,27)23(3)4/h6-13H,5H2,1-4H3,(H,20,25). The highest BCUT2D eigenvalue weighted by atomic mass is 32.2. The molecule has 0 fully saturated rings. The van der Waals surface area contributed by atoms with E-state index in [2.05, 4.69) is 15.5 Å². The quantitative estimate of drug-likeness (QED) is 0.512. The summed E-state index contributed by atoms with van der Waals surface area (Å²) in [5, 5.41) is 13.5. The fraction of sp³-hybridized carbons (Fsp3) is 0.316. The van der Waals surface area contributed by atoms with Gasteiger partial charge in [0.2, 0.25) is 15.9 Å². The van der Waals surface area contributed by atoms with Crippen LogP contribution in [0.25, 0.3) is 10.7 Å². The van der Waals surface area contributed by atoms with Crippen LogP contribution in [0, 0.1) is 0 Å². The van der Waals surface area contributed by atoms with Gasteiger partial charge in [-0.3, -0.25) is 4.79 Å². The van der Waals surface area contributed by atoms with Crippen LogP contribution < -0.4 is 5.32 Å². The predicted octanol–water partition coefficient (Wildman–Crippen LogP) is 3.40. The number of sulfonamides is 1. The molecule has 8 nitrogen and oxygen atoms in total. The van der Waals surface area contributed by atoms with E-state index in [1.165, 1.54) is 38.0 Å². The van der Waals surface area contributed by atoms with Crippen LogP contribution in [0.3, 0.4) is 0 Å². The van der Waals surface area contributed by atoms with Crippen molar-refractivity contribution in [2.24, 2.45) is 0 Å². The zero-order chi connectivity index (χ0) is 21.9. The summed E-state index contributed by atoms with van der Waals surface area (Å²) in [5.41, 5.74) is 0.423. The van der Waals surface area contributed by atoms with Crippen LogP contribution in [0.2, 0.25) is 0 Å². The van der Waals surface area contributed by atoms with Crippen LogP contribution in [-0.4, -0.2) is 52.7 Å². The lowest BCUT2D eigenvalue weighted by Gasteiger charge is -2.14. The number of nitrogens with one attached hydrogen (secondary N) is 1. The summed E-state index contributed by atoms with van der Waals surface area (Å²) in [7, 11) is -0.644. The van der Waals surface area contributed by atoms with Crippen molar-refractivity contribution in [3.05, 3.63) is 41.8 Å². The van der Waals surface area contributed by atoms with Crippen LogP contribution in [-0.2, 0) is 21.4 Å². The Balaban J connectivity index is 1.73. The molecule has 3 rings (SSSR count). The molecule has 0 aliphatic carbocycles. The van der Waals surface area contributed by atoms with E-state index in [1.54, 1.807) is 30.4 Å². The maximum Gasteiger partial charge on any atom is 0.242 e. The van der Waals surface area contributed by atoms with E-state index < -0.39 is 15.3 Å². The number of nitrogens with zero attached hydrogens (tertiary/aromatic N) is 4. The second-order valence-electron chi connectivity index (χ2n) is 6.59. The van der Waals surface area contributed by atoms with Crippen molar-refractivity contribution in [3.63, 3.8) is 0 Å². The van der Waals surface area contributed by atoms with Crippen molar-refractivity contribution in [2.75, 3.05) is 19.4 Å². The Kier molecular flexibility index (Phi) is 6.96. The fourth-order valence-electron chi connectivity index (χ4n) is 2.65. The van der Waals surface area contributed by atoms with Gasteiger partial charge in [-0.05, 0) is 43.5 Å². The van der Waals surface area contributed by atoms with Gasteiger partial charge in [-0.25, -0.2) is 12.7 Å².